The smallest absolute Gasteiger partial charge is 0.356 e. The number of aromatic nitrogens is 5. The second-order valence-electron chi connectivity index (χ2n) is 11.3. The number of hydrogen-bond acceptors (Lipinski definition) is 7. The number of carbonyl (C=O) groups excluding carboxylic acids is 2. The lowest BCUT2D eigenvalue weighted by Crippen LogP contribution is -2.39. The first kappa shape index (κ1) is 28.0. The summed E-state index contributed by atoms with van der Waals surface area (Å²) >= 11 is 0. The molecule has 0 aliphatic carbocycles. The van der Waals surface area contributed by atoms with Gasteiger partial charge >= 0.3 is 5.97 Å². The number of fused-ring (bicyclic) bond motifs is 1. The van der Waals surface area contributed by atoms with E-state index in [0.29, 0.717) is 42.5 Å². The fourth-order valence-corrected chi connectivity index (χ4v) is 5.76. The van der Waals surface area contributed by atoms with Gasteiger partial charge in [0, 0.05) is 43.4 Å². The quantitative estimate of drug-likeness (QED) is 0.292. The zero-order valence-corrected chi connectivity index (χ0v) is 24.2. The second kappa shape index (κ2) is 11.6. The molecule has 10 nitrogen and oxygen atoms in total. The van der Waals surface area contributed by atoms with Crippen LogP contribution in [0.3, 0.4) is 0 Å². The van der Waals surface area contributed by atoms with Crippen LogP contribution in [0.15, 0.2) is 36.5 Å². The minimum absolute atomic E-state index is 0.0945. The van der Waals surface area contributed by atoms with Crippen LogP contribution in [0.1, 0.15) is 62.8 Å². The number of amides is 1. The van der Waals surface area contributed by atoms with E-state index >= 15 is 0 Å². The van der Waals surface area contributed by atoms with Gasteiger partial charge in [0.2, 0.25) is 0 Å². The van der Waals surface area contributed by atoms with Gasteiger partial charge in [-0.2, -0.15) is 5.10 Å². The van der Waals surface area contributed by atoms with Gasteiger partial charge in [0.15, 0.2) is 17.0 Å². The number of methoxy groups -OCH3 is 1. The lowest BCUT2D eigenvalue weighted by Gasteiger charge is -2.32. The van der Waals surface area contributed by atoms with Crippen molar-refractivity contribution in [3.8, 4) is 0 Å². The molecule has 1 amide bonds. The summed E-state index contributed by atoms with van der Waals surface area (Å²) in [6.45, 7) is 6.62. The Morgan fingerprint density at radius 3 is 2.57 bits per heavy atom. The van der Waals surface area contributed by atoms with Crippen LogP contribution in [-0.2, 0) is 29.0 Å². The molecule has 3 aromatic heterocycles. The Kier molecular flexibility index (Phi) is 7.76. The van der Waals surface area contributed by atoms with Crippen LogP contribution in [0.2, 0.25) is 0 Å². The summed E-state index contributed by atoms with van der Waals surface area (Å²) in [5.41, 5.74) is 4.24. The number of pyridine rings is 1. The van der Waals surface area contributed by atoms with Crippen LogP contribution in [0, 0.1) is 25.6 Å². The van der Waals surface area contributed by atoms with E-state index < -0.39 is 5.97 Å². The van der Waals surface area contributed by atoms with Crippen molar-refractivity contribution in [2.24, 2.45) is 5.92 Å². The normalized spacial score (nSPS) is 17.4. The average Bonchev–Trinajstić information content (AvgIpc) is 3.50. The largest absolute Gasteiger partial charge is 0.464 e. The number of ether oxygens (including phenoxy) is 2. The van der Waals surface area contributed by atoms with Crippen molar-refractivity contribution in [2.45, 2.75) is 58.7 Å². The molecule has 2 aliphatic heterocycles. The fraction of sp³-hybridized carbons (Fsp3) is 0.452. The van der Waals surface area contributed by atoms with E-state index in [1.165, 1.54) is 13.2 Å². The van der Waals surface area contributed by atoms with Crippen molar-refractivity contribution in [3.63, 3.8) is 0 Å². The van der Waals surface area contributed by atoms with Gasteiger partial charge in [-0.05, 0) is 62.8 Å². The Labute approximate surface area is 243 Å². The highest BCUT2D eigenvalue weighted by Crippen LogP contribution is 2.27. The molecule has 2 aliphatic rings. The standard InChI is InChI=1S/C31H35FN6O4/c1-19-4-5-22(24(32)14-19)17-37-16-20(2)28(35-37)30(39)36-11-8-21(9-12-36)15-27-33-25-6-7-26(31(40)41-3)34-29(25)38(27)18-23-10-13-42-23/h4-7,14,16,21,23H,8-13,15,17-18H2,1-3H3/t23-/m0/s1. The van der Waals surface area contributed by atoms with Crippen molar-refractivity contribution in [1.82, 2.24) is 29.2 Å². The number of benzene rings is 1. The molecule has 6 rings (SSSR count). The maximum absolute atomic E-state index is 14.4. The van der Waals surface area contributed by atoms with Crippen LogP contribution in [0.4, 0.5) is 4.39 Å². The number of likely N-dealkylation sites (tertiary alicyclic amines) is 1. The second-order valence-corrected chi connectivity index (χ2v) is 11.3. The SMILES string of the molecule is COC(=O)c1ccc2nc(CC3CCN(C(=O)c4nn(Cc5ccc(C)cc5F)cc4C)CC3)n(C[C@@H]3CCO3)c2n1. The highest BCUT2D eigenvalue weighted by Gasteiger charge is 2.29. The summed E-state index contributed by atoms with van der Waals surface area (Å²) in [5.74, 6) is 0.410. The minimum Gasteiger partial charge on any atom is -0.464 e. The van der Waals surface area contributed by atoms with Crippen LogP contribution >= 0.6 is 0 Å². The van der Waals surface area contributed by atoms with Gasteiger partial charge in [-0.3, -0.25) is 9.48 Å². The Balaban J connectivity index is 1.13. The molecule has 0 saturated carbocycles. The maximum Gasteiger partial charge on any atom is 0.356 e. The molecular weight excluding hydrogens is 539 g/mol. The van der Waals surface area contributed by atoms with Crippen molar-refractivity contribution >= 4 is 23.0 Å². The van der Waals surface area contributed by atoms with Crippen molar-refractivity contribution in [3.05, 3.63) is 76.2 Å². The number of halogens is 1. The van der Waals surface area contributed by atoms with Gasteiger partial charge in [-0.25, -0.2) is 19.2 Å². The zero-order chi connectivity index (χ0) is 29.4. The summed E-state index contributed by atoms with van der Waals surface area (Å²) in [5, 5.41) is 4.53. The summed E-state index contributed by atoms with van der Waals surface area (Å²) in [4.78, 5) is 36.8. The monoisotopic (exact) mass is 574 g/mol. The van der Waals surface area contributed by atoms with Gasteiger partial charge in [0.05, 0.1) is 26.3 Å². The predicted octanol–water partition coefficient (Wildman–Crippen LogP) is 4.10. The third kappa shape index (κ3) is 5.65. The molecule has 5 heterocycles. The van der Waals surface area contributed by atoms with Gasteiger partial charge in [-0.1, -0.05) is 12.1 Å². The zero-order valence-electron chi connectivity index (χ0n) is 24.2. The molecule has 0 radical (unpaired) electrons. The van der Waals surface area contributed by atoms with E-state index in [0.717, 1.165) is 54.8 Å². The third-order valence-electron chi connectivity index (χ3n) is 8.31. The molecule has 220 valence electrons. The Morgan fingerprint density at radius 2 is 1.88 bits per heavy atom. The van der Waals surface area contributed by atoms with Crippen molar-refractivity contribution < 1.29 is 23.5 Å². The third-order valence-corrected chi connectivity index (χ3v) is 8.31. The van der Waals surface area contributed by atoms with Crippen molar-refractivity contribution in [1.29, 1.82) is 0 Å². The Morgan fingerprint density at radius 1 is 1.10 bits per heavy atom. The van der Waals surface area contributed by atoms with Crippen LogP contribution in [-0.4, -0.2) is 74.0 Å². The molecule has 0 spiro atoms. The summed E-state index contributed by atoms with van der Waals surface area (Å²) in [7, 11) is 1.34. The van der Waals surface area contributed by atoms with Gasteiger partial charge < -0.3 is 18.9 Å². The molecule has 42 heavy (non-hydrogen) atoms. The molecule has 1 atom stereocenters. The number of piperidine rings is 1. The van der Waals surface area contributed by atoms with Crippen LogP contribution in [0.5, 0.6) is 0 Å². The number of aryl methyl sites for hydroxylation is 2. The van der Waals surface area contributed by atoms with E-state index in [1.807, 2.05) is 30.9 Å². The lowest BCUT2D eigenvalue weighted by molar-refractivity contribution is -0.0591. The van der Waals surface area contributed by atoms with Crippen LogP contribution < -0.4 is 0 Å². The molecule has 2 saturated heterocycles. The molecular formula is C31H35FN6O4. The molecule has 0 bridgehead atoms. The highest BCUT2D eigenvalue weighted by molar-refractivity contribution is 5.93. The molecule has 0 unspecified atom stereocenters. The van der Waals surface area contributed by atoms with Crippen LogP contribution in [0.25, 0.3) is 11.2 Å². The highest BCUT2D eigenvalue weighted by atomic mass is 19.1. The average molecular weight is 575 g/mol. The number of rotatable bonds is 8. The van der Waals surface area contributed by atoms with E-state index in [1.54, 1.807) is 23.0 Å². The van der Waals surface area contributed by atoms with Gasteiger partial charge in [-0.15, -0.1) is 0 Å². The summed E-state index contributed by atoms with van der Waals surface area (Å²) in [6.07, 6.45) is 5.30. The Hall–Kier alpha value is -4.12. The number of nitrogens with zero attached hydrogens (tertiary/aromatic N) is 6. The van der Waals surface area contributed by atoms with E-state index in [-0.39, 0.29) is 30.1 Å². The summed E-state index contributed by atoms with van der Waals surface area (Å²) < 4.78 is 28.6. The van der Waals surface area contributed by atoms with E-state index in [4.69, 9.17) is 14.5 Å². The van der Waals surface area contributed by atoms with Crippen molar-refractivity contribution in [2.75, 3.05) is 26.8 Å². The topological polar surface area (TPSA) is 104 Å². The minimum atomic E-state index is -0.481. The fourth-order valence-electron chi connectivity index (χ4n) is 5.76. The number of imidazole rings is 1. The Bertz CT molecular complexity index is 1630. The van der Waals surface area contributed by atoms with E-state index in [9.17, 15) is 14.0 Å². The first-order chi connectivity index (χ1) is 20.3. The molecule has 0 N–H and O–H groups in total. The number of esters is 1. The number of carbonyl (C=O) groups is 2. The van der Waals surface area contributed by atoms with E-state index in [2.05, 4.69) is 14.6 Å². The first-order valence-corrected chi connectivity index (χ1v) is 14.4. The first-order valence-electron chi connectivity index (χ1n) is 14.4. The molecule has 11 heteroatoms. The molecule has 2 fully saturated rings. The maximum atomic E-state index is 14.4. The van der Waals surface area contributed by atoms with Gasteiger partial charge in [0.1, 0.15) is 17.2 Å². The molecule has 4 aromatic rings. The predicted molar refractivity (Wildman–Crippen MR) is 153 cm³/mol. The lowest BCUT2D eigenvalue weighted by atomic mass is 9.93. The number of hydrogen-bond donors (Lipinski definition) is 0. The van der Waals surface area contributed by atoms with Gasteiger partial charge in [0.25, 0.3) is 5.91 Å². The molecule has 1 aromatic carbocycles. The summed E-state index contributed by atoms with van der Waals surface area (Å²) in [6, 6.07) is 8.59.